The quantitative estimate of drug-likeness (QED) is 0.203. The van der Waals surface area contributed by atoms with Gasteiger partial charge < -0.3 is 66.6 Å². The van der Waals surface area contributed by atoms with Crippen LogP contribution in [0.1, 0.15) is 0 Å². The van der Waals surface area contributed by atoms with E-state index in [0.29, 0.717) is 0 Å². The van der Waals surface area contributed by atoms with Crippen LogP contribution in [0.25, 0.3) is 0 Å². The smallest absolute Gasteiger partial charge is 0.822 e. The van der Waals surface area contributed by atoms with Gasteiger partial charge in [0.2, 0.25) is 0 Å². The van der Waals surface area contributed by atoms with Gasteiger partial charge in [-0.1, -0.05) is 0 Å². The van der Waals surface area contributed by atoms with Crippen LogP contribution in [-0.2, 0) is 18.1 Å². The van der Waals surface area contributed by atoms with Crippen molar-refractivity contribution in [3.63, 3.8) is 0 Å². The monoisotopic (exact) mass is 542 g/mol. The largest absolute Gasteiger partial charge is 2.00 e. The molecule has 0 saturated heterocycles. The molecule has 0 saturated carbocycles. The summed E-state index contributed by atoms with van der Waals surface area (Å²) in [6, 6.07) is 0. The molecule has 0 aliphatic carbocycles. The summed E-state index contributed by atoms with van der Waals surface area (Å²) < 4.78 is 34.1. The second-order valence-electron chi connectivity index (χ2n) is 1.39. The molecular weight excluding hydrogens is 542 g/mol. The Morgan fingerprint density at radius 1 is 0.478 bits per heavy atom. The van der Waals surface area contributed by atoms with Crippen LogP contribution in [0.3, 0.4) is 0 Å². The first kappa shape index (κ1) is 56.8. The van der Waals surface area contributed by atoms with Crippen molar-refractivity contribution in [1.82, 2.24) is 0 Å². The van der Waals surface area contributed by atoms with Crippen molar-refractivity contribution in [1.29, 1.82) is 0 Å². The molecule has 0 N–H and O–H groups in total. The van der Waals surface area contributed by atoms with Crippen LogP contribution in [0.4, 0.5) is 0 Å². The topological polar surface area (TPSA) is 299 Å². The first-order chi connectivity index (χ1) is 7.46. The average Bonchev–Trinajstić information content (AvgIpc) is 1.70. The maximum atomic E-state index is 8.55. The molecule has 0 aromatic heterocycles. The van der Waals surface area contributed by atoms with Crippen molar-refractivity contribution in [2.75, 3.05) is 0 Å². The van der Waals surface area contributed by atoms with Crippen LogP contribution in [0.5, 0.6) is 0 Å². The summed E-state index contributed by atoms with van der Waals surface area (Å²) in [6.07, 6.45) is 0. The van der Waals surface area contributed by atoms with Crippen LogP contribution in [0, 0.1) is 0 Å². The standard InChI is InChI=1S/5Ca.2H3O4P.2O3Si/c;;;;;2*1-5(2,3)4;2*1-4(2)3/h;;;;;2*(H3,1,2,3,4);;/q5*+2;;;2*-2/p-6. The summed E-state index contributed by atoms with van der Waals surface area (Å²) in [5.74, 6) is 0. The molecule has 0 spiro atoms. The van der Waals surface area contributed by atoms with Gasteiger partial charge in [0, 0.05) is 18.3 Å². The Morgan fingerprint density at radius 3 is 0.478 bits per heavy atom. The molecule has 14 nitrogen and oxygen atoms in total. The van der Waals surface area contributed by atoms with Crippen LogP contribution >= 0.6 is 15.6 Å². The second kappa shape index (κ2) is 35.2. The summed E-state index contributed by atoms with van der Waals surface area (Å²) in [6.45, 7) is 0. The summed E-state index contributed by atoms with van der Waals surface area (Å²) in [7, 11) is -18.0. The van der Waals surface area contributed by atoms with Crippen molar-refractivity contribution in [2.45, 2.75) is 0 Å². The summed E-state index contributed by atoms with van der Waals surface area (Å²) in [4.78, 5) is 85.4. The molecule has 0 aliphatic heterocycles. The SMILES string of the molecule is O=P([O-])([O-])[O-].O=P([O-])([O-])[O-].O=[Si]([O-])[O-].O=[Si]([O-])[O-].[Ca+2].[Ca+2].[Ca+2].[Ca+2].[Ca+2]. The maximum absolute atomic E-state index is 8.55. The van der Waals surface area contributed by atoms with Gasteiger partial charge in [0.05, 0.1) is 0 Å². The van der Waals surface area contributed by atoms with Crippen LogP contribution < -0.4 is 48.5 Å². The van der Waals surface area contributed by atoms with Crippen molar-refractivity contribution in [2.24, 2.45) is 0 Å². The van der Waals surface area contributed by atoms with Gasteiger partial charge in [0.15, 0.2) is 0 Å². The fourth-order valence-electron chi connectivity index (χ4n) is 0. The van der Waals surface area contributed by atoms with E-state index in [9.17, 15) is 0 Å². The molecule has 0 atom stereocenters. The summed E-state index contributed by atoms with van der Waals surface area (Å²) in [5.41, 5.74) is 0. The molecule has 0 amide bonds. The number of phosphoric acid groups is 2. The van der Waals surface area contributed by atoms with E-state index in [1.165, 1.54) is 0 Å². The van der Waals surface area contributed by atoms with Gasteiger partial charge in [0.25, 0.3) is 0 Å². The number of hydrogen-bond acceptors (Lipinski definition) is 14. The molecule has 0 aliphatic rings. The Kier molecular flexibility index (Phi) is 86.9. The minimum Gasteiger partial charge on any atom is -0.822 e. The Morgan fingerprint density at radius 2 is 0.478 bits per heavy atom. The normalized spacial score (nSPS) is 7.22. The summed E-state index contributed by atoms with van der Waals surface area (Å²) >= 11 is 0. The van der Waals surface area contributed by atoms with Crippen LogP contribution in [0.15, 0.2) is 0 Å². The van der Waals surface area contributed by atoms with Gasteiger partial charge in [0.1, 0.15) is 0 Å². The van der Waals surface area contributed by atoms with Gasteiger partial charge in [-0.15, -0.1) is 0 Å². The molecule has 23 heteroatoms. The maximum Gasteiger partial charge on any atom is 2.00 e. The molecule has 0 radical (unpaired) electrons. The Labute approximate surface area is 282 Å². The van der Waals surface area contributed by atoms with Crippen molar-refractivity contribution in [3.05, 3.63) is 0 Å². The third-order valence-electron chi connectivity index (χ3n) is 0. The van der Waals surface area contributed by atoms with Gasteiger partial charge in [-0.25, -0.2) is 0 Å². The minimum atomic E-state index is -5.39. The van der Waals surface area contributed by atoms with Gasteiger partial charge in [-0.05, 0) is 0 Å². The molecule has 23 heavy (non-hydrogen) atoms. The van der Waals surface area contributed by atoms with E-state index < -0.39 is 34.0 Å². The zero-order chi connectivity index (χ0) is 16.2. The molecule has 0 aromatic rings. The third kappa shape index (κ3) is 556. The van der Waals surface area contributed by atoms with E-state index in [0.717, 1.165) is 0 Å². The first-order valence-corrected chi connectivity index (χ1v) is 8.06. The van der Waals surface area contributed by atoms with E-state index in [4.69, 9.17) is 66.6 Å². The minimum absolute atomic E-state index is 0. The third-order valence-corrected chi connectivity index (χ3v) is 0. The van der Waals surface area contributed by atoms with Gasteiger partial charge in [-0.2, -0.15) is 15.6 Å². The average molecular weight is 542 g/mol. The predicted octanol–water partition coefficient (Wildman–Crippen LogP) is -13.3. The van der Waals surface area contributed by atoms with Crippen LogP contribution in [0.2, 0.25) is 0 Å². The fourth-order valence-corrected chi connectivity index (χ4v) is 0. The van der Waals surface area contributed by atoms with E-state index in [1.807, 2.05) is 0 Å². The Bertz CT molecular complexity index is 267. The van der Waals surface area contributed by atoms with Crippen LogP contribution in [-0.4, -0.2) is 207 Å². The molecule has 0 heterocycles. The molecular formula is Ca5O14P2Si2. The van der Waals surface area contributed by atoms with Crippen molar-refractivity contribution < 1.29 is 66.6 Å². The summed E-state index contributed by atoms with van der Waals surface area (Å²) in [5, 5.41) is 0. The van der Waals surface area contributed by atoms with Gasteiger partial charge >= 0.3 is 189 Å². The molecule has 112 valence electrons. The zero-order valence-electron chi connectivity index (χ0n) is 11.1. The Balaban J connectivity index is -0.0000000152. The van der Waals surface area contributed by atoms with E-state index in [1.54, 1.807) is 0 Å². The van der Waals surface area contributed by atoms with Crippen molar-refractivity contribution >= 4 is 223 Å². The molecule has 0 fully saturated rings. The zero-order valence-corrected chi connectivity index (χ0v) is 26.0. The van der Waals surface area contributed by atoms with Gasteiger partial charge in [-0.3, -0.25) is 0 Å². The van der Waals surface area contributed by atoms with Crippen molar-refractivity contribution in [3.8, 4) is 0 Å². The number of hydrogen-bond donors (Lipinski definition) is 0. The fraction of sp³-hybridized carbons (Fsp3) is 0. The second-order valence-corrected chi connectivity index (χ2v) is 4.18. The number of rotatable bonds is 0. The first-order valence-electron chi connectivity index (χ1n) is 2.69. The van der Waals surface area contributed by atoms with E-state index >= 15 is 0 Å². The van der Waals surface area contributed by atoms with E-state index in [2.05, 4.69) is 0 Å². The molecule has 0 bridgehead atoms. The predicted molar refractivity (Wildman–Crippen MR) is 56.9 cm³/mol. The molecule has 0 rings (SSSR count). The Hall–Kier alpha value is 5.75. The molecule has 0 aromatic carbocycles. The molecule has 0 unspecified atom stereocenters. The van der Waals surface area contributed by atoms with E-state index in [-0.39, 0.29) is 189 Å².